The molecule has 0 spiro atoms. The van der Waals surface area contributed by atoms with Crippen molar-refractivity contribution in [3.63, 3.8) is 0 Å². The predicted molar refractivity (Wildman–Crippen MR) is 76.2 cm³/mol. The van der Waals surface area contributed by atoms with Crippen LogP contribution in [0.15, 0.2) is 24.3 Å². The lowest BCUT2D eigenvalue weighted by Gasteiger charge is -2.22. The molecule has 2 fully saturated rings. The van der Waals surface area contributed by atoms with Gasteiger partial charge in [-0.25, -0.2) is 0 Å². The SMILES string of the molecule is CCc1ccccc1CN1O[C@@H]([C@H](C)O)[C@H]2COC(=O)[C@H]21. The number of hydroxylamine groups is 2. The number of hydrogen-bond acceptors (Lipinski definition) is 5. The van der Waals surface area contributed by atoms with Crippen molar-refractivity contribution in [1.29, 1.82) is 0 Å². The molecule has 2 aliphatic heterocycles. The molecule has 3 rings (SSSR count). The second-order valence-electron chi connectivity index (χ2n) is 5.75. The predicted octanol–water partition coefficient (Wildman–Crippen LogP) is 1.29. The van der Waals surface area contributed by atoms with E-state index in [-0.39, 0.29) is 18.0 Å². The van der Waals surface area contributed by atoms with E-state index in [1.165, 1.54) is 5.56 Å². The Morgan fingerprint density at radius 2 is 2.10 bits per heavy atom. The molecule has 2 aliphatic rings. The zero-order valence-electron chi connectivity index (χ0n) is 12.4. The number of nitrogens with zero attached hydrogens (tertiary/aromatic N) is 1. The van der Waals surface area contributed by atoms with Crippen LogP contribution in [0.1, 0.15) is 25.0 Å². The van der Waals surface area contributed by atoms with E-state index >= 15 is 0 Å². The Morgan fingerprint density at radius 3 is 2.76 bits per heavy atom. The molecular weight excluding hydrogens is 270 g/mol. The van der Waals surface area contributed by atoms with Crippen LogP contribution in [0.5, 0.6) is 0 Å². The zero-order chi connectivity index (χ0) is 15.0. The molecule has 0 saturated carbocycles. The van der Waals surface area contributed by atoms with E-state index in [4.69, 9.17) is 9.57 Å². The lowest BCUT2D eigenvalue weighted by molar-refractivity contribution is -0.202. The number of aryl methyl sites for hydroxylation is 1. The molecule has 21 heavy (non-hydrogen) atoms. The second kappa shape index (κ2) is 5.75. The van der Waals surface area contributed by atoms with Gasteiger partial charge in [-0.05, 0) is 24.5 Å². The molecule has 0 amide bonds. The van der Waals surface area contributed by atoms with Crippen molar-refractivity contribution in [2.45, 2.75) is 45.1 Å². The van der Waals surface area contributed by atoms with Crippen LogP contribution in [0.25, 0.3) is 0 Å². The summed E-state index contributed by atoms with van der Waals surface area (Å²) in [5.74, 6) is -0.344. The number of carbonyl (C=O) groups is 1. The van der Waals surface area contributed by atoms with Crippen LogP contribution in [0.3, 0.4) is 0 Å². The molecular formula is C16H21NO4. The van der Waals surface area contributed by atoms with Crippen LogP contribution >= 0.6 is 0 Å². The topological polar surface area (TPSA) is 59.0 Å². The summed E-state index contributed by atoms with van der Waals surface area (Å²) in [7, 11) is 0. The molecule has 0 aliphatic carbocycles. The largest absolute Gasteiger partial charge is 0.464 e. The quantitative estimate of drug-likeness (QED) is 0.847. The molecule has 5 nitrogen and oxygen atoms in total. The number of carbonyl (C=O) groups excluding carboxylic acids is 1. The Bertz CT molecular complexity index is 531. The van der Waals surface area contributed by atoms with Crippen molar-refractivity contribution in [2.24, 2.45) is 5.92 Å². The molecule has 1 aromatic carbocycles. The van der Waals surface area contributed by atoms with Gasteiger partial charge in [0.1, 0.15) is 12.1 Å². The fourth-order valence-corrected chi connectivity index (χ4v) is 3.24. The number of esters is 1. The standard InChI is InChI=1S/C16H21NO4/c1-3-11-6-4-5-7-12(11)8-17-14-13(9-20-16(14)19)15(21-17)10(2)18/h4-7,10,13-15,18H,3,8-9H2,1-2H3/t10-,13-,14-,15-/m0/s1. The first-order chi connectivity index (χ1) is 10.1. The van der Waals surface area contributed by atoms with Gasteiger partial charge in [-0.1, -0.05) is 31.2 Å². The fraction of sp³-hybridized carbons (Fsp3) is 0.562. The minimum absolute atomic E-state index is 0.0914. The number of hydrogen-bond donors (Lipinski definition) is 1. The maximum Gasteiger partial charge on any atom is 0.326 e. The van der Waals surface area contributed by atoms with Crippen LogP contribution in [-0.4, -0.2) is 41.0 Å². The van der Waals surface area contributed by atoms with Gasteiger partial charge in [-0.3, -0.25) is 9.63 Å². The molecule has 1 N–H and O–H groups in total. The first-order valence-electron chi connectivity index (χ1n) is 7.46. The number of benzene rings is 1. The van der Waals surface area contributed by atoms with Crippen LogP contribution in [0.2, 0.25) is 0 Å². The Labute approximate surface area is 124 Å². The summed E-state index contributed by atoms with van der Waals surface area (Å²) in [6.07, 6.45) is -0.0729. The van der Waals surface area contributed by atoms with Crippen LogP contribution in [0.4, 0.5) is 0 Å². The van der Waals surface area contributed by atoms with Gasteiger partial charge in [0, 0.05) is 0 Å². The van der Waals surface area contributed by atoms with Crippen molar-refractivity contribution in [2.75, 3.05) is 6.61 Å². The lowest BCUT2D eigenvalue weighted by Crippen LogP contribution is -2.35. The Hall–Kier alpha value is -1.43. The molecule has 1 aromatic rings. The molecule has 4 atom stereocenters. The third kappa shape index (κ3) is 2.57. The maximum atomic E-state index is 12.0. The summed E-state index contributed by atoms with van der Waals surface area (Å²) in [6.45, 7) is 4.65. The van der Waals surface area contributed by atoms with E-state index in [1.54, 1.807) is 12.0 Å². The van der Waals surface area contributed by atoms with Gasteiger partial charge in [0.25, 0.3) is 0 Å². The van der Waals surface area contributed by atoms with Crippen molar-refractivity contribution in [3.05, 3.63) is 35.4 Å². The zero-order valence-corrected chi connectivity index (χ0v) is 12.4. The van der Waals surface area contributed by atoms with Gasteiger partial charge in [0.15, 0.2) is 0 Å². The summed E-state index contributed by atoms with van der Waals surface area (Å²) >= 11 is 0. The van der Waals surface area contributed by atoms with Crippen LogP contribution in [-0.2, 0) is 27.3 Å². The number of fused-ring (bicyclic) bond motifs is 1. The normalized spacial score (nSPS) is 30.2. The van der Waals surface area contributed by atoms with Crippen molar-refractivity contribution in [1.82, 2.24) is 5.06 Å². The minimum atomic E-state index is -0.626. The maximum absolute atomic E-state index is 12.0. The highest BCUT2D eigenvalue weighted by atomic mass is 16.7. The van der Waals surface area contributed by atoms with Gasteiger partial charge in [-0.2, -0.15) is 5.06 Å². The average molecular weight is 291 g/mol. The van der Waals surface area contributed by atoms with E-state index in [9.17, 15) is 9.90 Å². The van der Waals surface area contributed by atoms with Crippen LogP contribution in [0, 0.1) is 5.92 Å². The average Bonchev–Trinajstić information content (AvgIpc) is 3.02. The third-order valence-electron chi connectivity index (χ3n) is 4.36. The smallest absolute Gasteiger partial charge is 0.326 e. The first-order valence-corrected chi connectivity index (χ1v) is 7.46. The first kappa shape index (κ1) is 14.5. The Balaban J connectivity index is 1.83. The molecule has 2 saturated heterocycles. The highest BCUT2D eigenvalue weighted by Gasteiger charge is 2.54. The van der Waals surface area contributed by atoms with E-state index < -0.39 is 12.1 Å². The van der Waals surface area contributed by atoms with E-state index in [0.717, 1.165) is 12.0 Å². The fourth-order valence-electron chi connectivity index (χ4n) is 3.24. The Morgan fingerprint density at radius 1 is 1.38 bits per heavy atom. The van der Waals surface area contributed by atoms with Crippen molar-refractivity contribution < 1.29 is 19.5 Å². The number of aliphatic hydroxyl groups excluding tert-OH is 1. The summed E-state index contributed by atoms with van der Waals surface area (Å²) in [6, 6.07) is 7.73. The van der Waals surface area contributed by atoms with Gasteiger partial charge in [-0.15, -0.1) is 0 Å². The molecule has 0 aromatic heterocycles. The summed E-state index contributed by atoms with van der Waals surface area (Å²) in [5.41, 5.74) is 2.38. The second-order valence-corrected chi connectivity index (χ2v) is 5.75. The van der Waals surface area contributed by atoms with E-state index in [2.05, 4.69) is 13.0 Å². The minimum Gasteiger partial charge on any atom is -0.464 e. The molecule has 0 radical (unpaired) electrons. The van der Waals surface area contributed by atoms with Gasteiger partial charge in [0.05, 0.1) is 25.2 Å². The summed E-state index contributed by atoms with van der Waals surface area (Å²) in [5, 5.41) is 11.5. The third-order valence-corrected chi connectivity index (χ3v) is 4.36. The Kier molecular flexibility index (Phi) is 3.97. The lowest BCUT2D eigenvalue weighted by atomic mass is 9.94. The van der Waals surface area contributed by atoms with Crippen molar-refractivity contribution >= 4 is 5.97 Å². The summed E-state index contributed by atoms with van der Waals surface area (Å²) < 4.78 is 5.15. The number of ether oxygens (including phenoxy) is 1. The number of aliphatic hydroxyl groups is 1. The van der Waals surface area contributed by atoms with Gasteiger partial charge < -0.3 is 9.84 Å². The highest BCUT2D eigenvalue weighted by molar-refractivity contribution is 5.78. The molecule has 0 unspecified atom stereocenters. The molecule has 114 valence electrons. The monoisotopic (exact) mass is 291 g/mol. The number of cyclic esters (lactones) is 1. The summed E-state index contributed by atoms with van der Waals surface area (Å²) in [4.78, 5) is 17.8. The van der Waals surface area contributed by atoms with Gasteiger partial charge in [0.2, 0.25) is 0 Å². The highest BCUT2D eigenvalue weighted by Crippen LogP contribution is 2.36. The van der Waals surface area contributed by atoms with Crippen LogP contribution < -0.4 is 0 Å². The molecule has 2 heterocycles. The van der Waals surface area contributed by atoms with E-state index in [0.29, 0.717) is 13.2 Å². The molecule has 5 heteroatoms. The van der Waals surface area contributed by atoms with Gasteiger partial charge >= 0.3 is 5.97 Å². The molecule has 0 bridgehead atoms. The van der Waals surface area contributed by atoms with E-state index in [1.807, 2.05) is 18.2 Å². The van der Waals surface area contributed by atoms with Crippen molar-refractivity contribution in [3.8, 4) is 0 Å². The number of rotatable bonds is 4.